The van der Waals surface area contributed by atoms with Crippen molar-refractivity contribution in [3.05, 3.63) is 86.5 Å². The lowest BCUT2D eigenvalue weighted by atomic mass is 9.77. The van der Waals surface area contributed by atoms with Crippen LogP contribution in [0.15, 0.2) is 65.4 Å². The van der Waals surface area contributed by atoms with E-state index in [4.69, 9.17) is 5.73 Å². The summed E-state index contributed by atoms with van der Waals surface area (Å²) in [5.74, 6) is 0.767. The summed E-state index contributed by atoms with van der Waals surface area (Å²) in [6, 6.07) is 19.4. The van der Waals surface area contributed by atoms with Crippen molar-refractivity contribution in [2.75, 3.05) is 0 Å². The van der Waals surface area contributed by atoms with Gasteiger partial charge in [0, 0.05) is 9.75 Å². The molecule has 0 aliphatic heterocycles. The van der Waals surface area contributed by atoms with Gasteiger partial charge >= 0.3 is 0 Å². The van der Waals surface area contributed by atoms with Crippen LogP contribution in [0.2, 0.25) is 0 Å². The first-order valence-corrected chi connectivity index (χ1v) is 12.2. The van der Waals surface area contributed by atoms with E-state index in [1.54, 1.807) is 22.7 Å². The Labute approximate surface area is 184 Å². The Kier molecular flexibility index (Phi) is 5.50. The van der Waals surface area contributed by atoms with Crippen molar-refractivity contribution >= 4 is 22.7 Å². The Morgan fingerprint density at radius 2 is 1.77 bits per heavy atom. The van der Waals surface area contributed by atoms with Gasteiger partial charge in [-0.3, -0.25) is 0 Å². The van der Waals surface area contributed by atoms with E-state index in [0.29, 0.717) is 12.5 Å². The molecule has 2 unspecified atom stereocenters. The molecule has 0 radical (unpaired) electrons. The summed E-state index contributed by atoms with van der Waals surface area (Å²) in [6.07, 6.45) is 5.44. The molecule has 2 atom stereocenters. The fraction of sp³-hybridized carbons (Fsp3) is 0.348. The topological polar surface area (TPSA) is 69.6 Å². The van der Waals surface area contributed by atoms with Gasteiger partial charge in [0.2, 0.25) is 0 Å². The van der Waals surface area contributed by atoms with E-state index in [1.807, 2.05) is 6.07 Å². The lowest BCUT2D eigenvalue weighted by Crippen LogP contribution is -2.45. The first-order chi connectivity index (χ1) is 14.8. The van der Waals surface area contributed by atoms with Gasteiger partial charge in [-0.2, -0.15) is 0 Å². The van der Waals surface area contributed by atoms with Gasteiger partial charge < -0.3 is 5.73 Å². The average Bonchev–Trinajstić information content (AvgIpc) is 3.57. The van der Waals surface area contributed by atoms with Crippen LogP contribution >= 0.6 is 22.7 Å². The van der Waals surface area contributed by atoms with Crippen molar-refractivity contribution in [3.63, 3.8) is 0 Å². The number of hydrogen-bond donors (Lipinski definition) is 1. The minimum Gasteiger partial charge on any atom is -0.320 e. The molecule has 7 heteroatoms. The summed E-state index contributed by atoms with van der Waals surface area (Å²) in [5.41, 5.74) is 7.97. The van der Waals surface area contributed by atoms with Gasteiger partial charge in [0.05, 0.1) is 17.5 Å². The van der Waals surface area contributed by atoms with Crippen molar-refractivity contribution in [2.24, 2.45) is 5.73 Å². The fourth-order valence-corrected chi connectivity index (χ4v) is 6.47. The van der Waals surface area contributed by atoms with Crippen LogP contribution in [0, 0.1) is 0 Å². The van der Waals surface area contributed by atoms with Gasteiger partial charge in [-0.25, -0.2) is 4.68 Å². The summed E-state index contributed by atoms with van der Waals surface area (Å²) in [5, 5.41) is 17.3. The first kappa shape index (κ1) is 19.6. The third-order valence-electron chi connectivity index (χ3n) is 6.11. The van der Waals surface area contributed by atoms with Crippen LogP contribution in [-0.2, 0) is 12.0 Å². The third-order valence-corrected chi connectivity index (χ3v) is 8.11. The molecule has 0 bridgehead atoms. The quantitative estimate of drug-likeness (QED) is 0.436. The normalized spacial score (nSPS) is 17.8. The molecular weight excluding hydrogens is 410 g/mol. The van der Waals surface area contributed by atoms with Crippen molar-refractivity contribution in [3.8, 4) is 0 Å². The minimum absolute atomic E-state index is 0.119. The van der Waals surface area contributed by atoms with E-state index in [0.717, 1.165) is 23.5 Å². The second-order valence-electron chi connectivity index (χ2n) is 8.05. The summed E-state index contributed by atoms with van der Waals surface area (Å²) in [6.45, 7) is 0. The highest BCUT2D eigenvalue weighted by molar-refractivity contribution is 7.10. The van der Waals surface area contributed by atoms with Crippen LogP contribution in [0.3, 0.4) is 0 Å². The largest absolute Gasteiger partial charge is 0.320 e. The molecule has 2 N–H and O–H groups in total. The maximum absolute atomic E-state index is 7.40. The lowest BCUT2D eigenvalue weighted by molar-refractivity contribution is 0.353. The van der Waals surface area contributed by atoms with Crippen LogP contribution in [0.5, 0.6) is 0 Å². The molecule has 0 amide bonds. The van der Waals surface area contributed by atoms with Crippen molar-refractivity contribution in [1.82, 2.24) is 20.2 Å². The molecule has 0 spiro atoms. The maximum Gasteiger partial charge on any atom is 0.162 e. The number of nitrogens with zero attached hydrogens (tertiary/aromatic N) is 4. The molecule has 1 fully saturated rings. The number of aromatic nitrogens is 4. The Morgan fingerprint density at radius 3 is 2.47 bits per heavy atom. The Hall–Kier alpha value is -2.35. The van der Waals surface area contributed by atoms with Crippen LogP contribution < -0.4 is 5.73 Å². The number of tetrazole rings is 1. The van der Waals surface area contributed by atoms with E-state index >= 15 is 0 Å². The molecule has 4 aromatic rings. The molecule has 0 saturated heterocycles. The second kappa shape index (κ2) is 8.41. The lowest BCUT2D eigenvalue weighted by Gasteiger charge is -2.36. The van der Waals surface area contributed by atoms with Crippen molar-refractivity contribution in [1.29, 1.82) is 0 Å². The predicted octanol–water partition coefficient (Wildman–Crippen LogP) is 5.14. The average molecular weight is 436 g/mol. The Bertz CT molecular complexity index is 1050. The predicted molar refractivity (Wildman–Crippen MR) is 122 cm³/mol. The van der Waals surface area contributed by atoms with Crippen molar-refractivity contribution in [2.45, 2.75) is 49.6 Å². The monoisotopic (exact) mass is 435 g/mol. The minimum atomic E-state index is -0.647. The molecule has 1 aliphatic rings. The summed E-state index contributed by atoms with van der Waals surface area (Å²) in [4.78, 5) is 2.36. The summed E-state index contributed by atoms with van der Waals surface area (Å²) < 4.78 is 2.07. The maximum atomic E-state index is 7.40. The highest BCUT2D eigenvalue weighted by Gasteiger charge is 2.44. The van der Waals surface area contributed by atoms with E-state index in [1.165, 1.54) is 23.3 Å². The molecule has 3 heterocycles. The molecule has 30 heavy (non-hydrogen) atoms. The second-order valence-corrected chi connectivity index (χ2v) is 9.98. The Morgan fingerprint density at radius 1 is 1.00 bits per heavy atom. The molecule has 5 rings (SSSR count). The van der Waals surface area contributed by atoms with E-state index < -0.39 is 5.54 Å². The van der Waals surface area contributed by atoms with E-state index in [-0.39, 0.29) is 5.92 Å². The van der Waals surface area contributed by atoms with Crippen LogP contribution in [0.25, 0.3) is 0 Å². The third kappa shape index (κ3) is 3.62. The van der Waals surface area contributed by atoms with E-state index in [9.17, 15) is 0 Å². The first-order valence-electron chi connectivity index (χ1n) is 10.4. The number of hydrogen-bond acceptors (Lipinski definition) is 6. The molecule has 154 valence electrons. The smallest absolute Gasteiger partial charge is 0.162 e. The van der Waals surface area contributed by atoms with Gasteiger partial charge in [0.25, 0.3) is 0 Å². The Balaban J connectivity index is 1.66. The zero-order valence-corrected chi connectivity index (χ0v) is 18.4. The van der Waals surface area contributed by atoms with Crippen molar-refractivity contribution < 1.29 is 0 Å². The van der Waals surface area contributed by atoms with Crippen LogP contribution in [-0.4, -0.2) is 20.2 Å². The van der Waals surface area contributed by atoms with Gasteiger partial charge in [-0.15, -0.1) is 27.8 Å². The number of rotatable bonds is 7. The molecule has 1 aliphatic carbocycles. The zero-order valence-electron chi connectivity index (χ0n) is 16.7. The van der Waals surface area contributed by atoms with Crippen LogP contribution in [0.4, 0.5) is 0 Å². The van der Waals surface area contributed by atoms with E-state index in [2.05, 4.69) is 79.5 Å². The standard InChI is InChI=1S/C23H25N5S2/c24-23(20-13-7-15-30-20,16-17-8-2-1-3-9-17)21(19-12-6-14-29-19)22-25-26-27-28(22)18-10-4-5-11-18/h1-3,6-9,12-15,18,21H,4-5,10-11,16,24H2. The number of benzene rings is 1. The summed E-state index contributed by atoms with van der Waals surface area (Å²) in [7, 11) is 0. The molecule has 1 saturated carbocycles. The molecule has 3 aromatic heterocycles. The van der Waals surface area contributed by atoms with Gasteiger partial charge in [-0.05, 0) is 58.1 Å². The van der Waals surface area contributed by atoms with Crippen LogP contribution in [0.1, 0.15) is 58.8 Å². The summed E-state index contributed by atoms with van der Waals surface area (Å²) >= 11 is 3.44. The molecule has 5 nitrogen and oxygen atoms in total. The number of thiophene rings is 2. The van der Waals surface area contributed by atoms with Gasteiger partial charge in [0.15, 0.2) is 5.82 Å². The zero-order chi connectivity index (χ0) is 20.4. The van der Waals surface area contributed by atoms with Gasteiger partial charge in [0.1, 0.15) is 0 Å². The molecular formula is C23H25N5S2. The molecule has 1 aromatic carbocycles. The highest BCUT2D eigenvalue weighted by atomic mass is 32.1. The highest BCUT2D eigenvalue weighted by Crippen LogP contribution is 2.45. The van der Waals surface area contributed by atoms with Gasteiger partial charge in [-0.1, -0.05) is 55.3 Å². The fourth-order valence-electron chi connectivity index (χ4n) is 4.67. The number of nitrogens with two attached hydrogens (primary N) is 1. The SMILES string of the molecule is NC(Cc1ccccc1)(c1cccs1)C(c1cccs1)c1nnnn1C1CCCC1.